The maximum atomic E-state index is 5.74. The summed E-state index contributed by atoms with van der Waals surface area (Å²) in [6, 6.07) is 8.21. The van der Waals surface area contributed by atoms with E-state index in [9.17, 15) is 0 Å². The molecule has 5 heteroatoms. The highest BCUT2D eigenvalue weighted by Gasteiger charge is 2.06. The Morgan fingerprint density at radius 2 is 2.00 bits per heavy atom. The molecule has 0 N–H and O–H groups in total. The molecular formula is C11H13ClN4. The van der Waals surface area contributed by atoms with Gasteiger partial charge in [0.15, 0.2) is 5.82 Å². The fourth-order valence-electron chi connectivity index (χ4n) is 1.58. The van der Waals surface area contributed by atoms with Crippen LogP contribution in [-0.2, 0) is 12.3 Å². The second-order valence-corrected chi connectivity index (χ2v) is 3.82. The molecule has 0 saturated carbocycles. The lowest BCUT2D eigenvalue weighted by molar-refractivity contribution is 0.776. The van der Waals surface area contributed by atoms with E-state index in [2.05, 4.69) is 34.6 Å². The molecule has 1 aromatic carbocycles. The van der Waals surface area contributed by atoms with E-state index in [0.29, 0.717) is 11.7 Å². The fourth-order valence-corrected chi connectivity index (χ4v) is 1.75. The van der Waals surface area contributed by atoms with Crippen molar-refractivity contribution >= 4 is 11.6 Å². The second-order valence-electron chi connectivity index (χ2n) is 3.56. The van der Waals surface area contributed by atoms with Crippen molar-refractivity contribution < 1.29 is 0 Å². The van der Waals surface area contributed by atoms with Crippen molar-refractivity contribution in [1.82, 2.24) is 20.2 Å². The minimum Gasteiger partial charge on any atom is -0.196 e. The normalized spacial score (nSPS) is 10.6. The molecule has 0 saturated heterocycles. The minimum atomic E-state index is 0.309. The van der Waals surface area contributed by atoms with Crippen molar-refractivity contribution in [3.8, 4) is 5.69 Å². The summed E-state index contributed by atoms with van der Waals surface area (Å²) in [5, 5.41) is 11.4. The lowest BCUT2D eigenvalue weighted by Gasteiger charge is -2.03. The molecule has 0 radical (unpaired) electrons. The van der Waals surface area contributed by atoms with E-state index in [4.69, 9.17) is 11.6 Å². The Labute approximate surface area is 99.2 Å². The minimum absolute atomic E-state index is 0.309. The zero-order valence-electron chi connectivity index (χ0n) is 9.10. The van der Waals surface area contributed by atoms with Crippen LogP contribution in [0.3, 0.4) is 0 Å². The molecule has 0 fully saturated rings. The third-order valence-corrected chi connectivity index (χ3v) is 2.61. The van der Waals surface area contributed by atoms with Gasteiger partial charge in [-0.3, -0.25) is 0 Å². The van der Waals surface area contributed by atoms with Crippen LogP contribution in [0, 0.1) is 0 Å². The highest BCUT2D eigenvalue weighted by atomic mass is 35.5. The van der Waals surface area contributed by atoms with Gasteiger partial charge >= 0.3 is 0 Å². The monoisotopic (exact) mass is 236 g/mol. The molecule has 0 amide bonds. The zero-order chi connectivity index (χ0) is 11.4. The quantitative estimate of drug-likeness (QED) is 0.766. The van der Waals surface area contributed by atoms with E-state index < -0.39 is 0 Å². The molecule has 0 bridgehead atoms. The van der Waals surface area contributed by atoms with E-state index in [0.717, 1.165) is 18.5 Å². The summed E-state index contributed by atoms with van der Waals surface area (Å²) in [5.41, 5.74) is 2.27. The van der Waals surface area contributed by atoms with Crippen LogP contribution < -0.4 is 0 Å². The van der Waals surface area contributed by atoms with Crippen LogP contribution in [0.1, 0.15) is 24.7 Å². The van der Waals surface area contributed by atoms with Crippen LogP contribution in [0.4, 0.5) is 0 Å². The van der Waals surface area contributed by atoms with Gasteiger partial charge in [-0.1, -0.05) is 25.5 Å². The Balaban J connectivity index is 2.27. The van der Waals surface area contributed by atoms with Crippen LogP contribution in [0.2, 0.25) is 0 Å². The number of nitrogens with zero attached hydrogens (tertiary/aromatic N) is 4. The Kier molecular flexibility index (Phi) is 3.51. The van der Waals surface area contributed by atoms with E-state index in [1.165, 1.54) is 5.56 Å². The average Bonchev–Trinajstić information content (AvgIpc) is 2.78. The summed E-state index contributed by atoms with van der Waals surface area (Å²) < 4.78 is 1.66. The molecule has 0 aliphatic carbocycles. The standard InChI is InChI=1S/C11H13ClN4/c1-2-3-9-4-6-10(7-5-9)16-11(8-12)13-14-15-16/h4-7H,2-3,8H2,1H3. The first-order valence-electron chi connectivity index (χ1n) is 5.27. The van der Waals surface area contributed by atoms with Crippen molar-refractivity contribution in [1.29, 1.82) is 0 Å². The van der Waals surface area contributed by atoms with Gasteiger partial charge in [0.2, 0.25) is 0 Å². The van der Waals surface area contributed by atoms with Crippen molar-refractivity contribution in [3.63, 3.8) is 0 Å². The highest BCUT2D eigenvalue weighted by molar-refractivity contribution is 6.16. The number of aromatic nitrogens is 4. The first-order chi connectivity index (χ1) is 7.85. The predicted molar refractivity (Wildman–Crippen MR) is 62.7 cm³/mol. The number of hydrogen-bond acceptors (Lipinski definition) is 3. The molecule has 1 aromatic heterocycles. The van der Waals surface area contributed by atoms with Crippen LogP contribution in [0.15, 0.2) is 24.3 Å². The number of halogens is 1. The number of aryl methyl sites for hydroxylation is 1. The Bertz CT molecular complexity index is 449. The molecule has 16 heavy (non-hydrogen) atoms. The van der Waals surface area contributed by atoms with Crippen LogP contribution >= 0.6 is 11.6 Å². The van der Waals surface area contributed by atoms with Gasteiger partial charge in [0.25, 0.3) is 0 Å². The van der Waals surface area contributed by atoms with Crippen molar-refractivity contribution in [2.75, 3.05) is 0 Å². The van der Waals surface area contributed by atoms with Gasteiger partial charge in [-0.25, -0.2) is 0 Å². The Morgan fingerprint density at radius 3 is 2.62 bits per heavy atom. The third-order valence-electron chi connectivity index (χ3n) is 2.37. The number of alkyl halides is 1. The first kappa shape index (κ1) is 11.1. The smallest absolute Gasteiger partial charge is 0.171 e. The van der Waals surface area contributed by atoms with Crippen molar-refractivity contribution in [3.05, 3.63) is 35.7 Å². The third kappa shape index (κ3) is 2.22. The number of rotatable bonds is 4. The number of hydrogen-bond donors (Lipinski definition) is 0. The van der Waals surface area contributed by atoms with Gasteiger partial charge in [0, 0.05) is 0 Å². The molecule has 2 rings (SSSR count). The Hall–Kier alpha value is -1.42. The fraction of sp³-hybridized carbons (Fsp3) is 0.364. The van der Waals surface area contributed by atoms with Crippen molar-refractivity contribution in [2.24, 2.45) is 0 Å². The zero-order valence-corrected chi connectivity index (χ0v) is 9.85. The van der Waals surface area contributed by atoms with Gasteiger partial charge in [-0.2, -0.15) is 4.68 Å². The van der Waals surface area contributed by atoms with Gasteiger partial charge in [0.05, 0.1) is 11.6 Å². The molecule has 4 nitrogen and oxygen atoms in total. The highest BCUT2D eigenvalue weighted by Crippen LogP contribution is 2.12. The molecule has 2 aromatic rings. The molecule has 0 aliphatic rings. The summed E-state index contributed by atoms with van der Waals surface area (Å²) in [6.45, 7) is 2.17. The second kappa shape index (κ2) is 5.07. The molecule has 0 unspecified atom stereocenters. The van der Waals surface area contributed by atoms with E-state index in [-0.39, 0.29) is 0 Å². The maximum Gasteiger partial charge on any atom is 0.171 e. The lowest BCUT2D eigenvalue weighted by atomic mass is 10.1. The molecule has 1 heterocycles. The molecule has 84 valence electrons. The van der Waals surface area contributed by atoms with E-state index in [1.54, 1.807) is 4.68 Å². The number of benzene rings is 1. The van der Waals surface area contributed by atoms with Crippen LogP contribution in [0.25, 0.3) is 5.69 Å². The van der Waals surface area contributed by atoms with Gasteiger partial charge in [-0.15, -0.1) is 16.7 Å². The average molecular weight is 237 g/mol. The largest absolute Gasteiger partial charge is 0.196 e. The molecule has 0 aliphatic heterocycles. The summed E-state index contributed by atoms with van der Waals surface area (Å²) in [4.78, 5) is 0. The first-order valence-corrected chi connectivity index (χ1v) is 5.81. The SMILES string of the molecule is CCCc1ccc(-n2nnnc2CCl)cc1. The van der Waals surface area contributed by atoms with Gasteiger partial charge in [0.1, 0.15) is 0 Å². The summed E-state index contributed by atoms with van der Waals surface area (Å²) in [6.07, 6.45) is 2.25. The molecule has 0 spiro atoms. The van der Waals surface area contributed by atoms with Gasteiger partial charge < -0.3 is 0 Å². The predicted octanol–water partition coefficient (Wildman–Crippen LogP) is 2.35. The summed E-state index contributed by atoms with van der Waals surface area (Å²) in [7, 11) is 0. The maximum absolute atomic E-state index is 5.74. The number of tetrazole rings is 1. The lowest BCUT2D eigenvalue weighted by Crippen LogP contribution is -2.01. The van der Waals surface area contributed by atoms with E-state index >= 15 is 0 Å². The van der Waals surface area contributed by atoms with Gasteiger partial charge in [-0.05, 0) is 34.5 Å². The van der Waals surface area contributed by atoms with Crippen molar-refractivity contribution in [2.45, 2.75) is 25.6 Å². The molecule has 0 atom stereocenters. The van der Waals surface area contributed by atoms with E-state index in [1.807, 2.05) is 12.1 Å². The van der Waals surface area contributed by atoms with Crippen LogP contribution in [-0.4, -0.2) is 20.2 Å². The molecular weight excluding hydrogens is 224 g/mol. The summed E-state index contributed by atoms with van der Waals surface area (Å²) >= 11 is 5.74. The Morgan fingerprint density at radius 1 is 1.25 bits per heavy atom. The topological polar surface area (TPSA) is 43.6 Å². The van der Waals surface area contributed by atoms with Crippen LogP contribution in [0.5, 0.6) is 0 Å². The summed E-state index contributed by atoms with van der Waals surface area (Å²) in [5.74, 6) is 0.967.